The number of carbonyl (C=O) groups excluding carboxylic acids is 1. The van der Waals surface area contributed by atoms with Crippen molar-refractivity contribution in [2.24, 2.45) is 0 Å². The molecule has 0 saturated carbocycles. The number of carbonyl (C=O) groups is 1. The molecular formula is C14H21ClN2O. The lowest BCUT2D eigenvalue weighted by molar-refractivity contribution is 0.232. The van der Waals surface area contributed by atoms with Crippen LogP contribution in [0.3, 0.4) is 0 Å². The Morgan fingerprint density at radius 2 is 2.06 bits per heavy atom. The van der Waals surface area contributed by atoms with Crippen molar-refractivity contribution in [3.8, 4) is 0 Å². The largest absolute Gasteiger partial charge is 0.338 e. The normalized spacial score (nSPS) is 11.1. The van der Waals surface area contributed by atoms with E-state index < -0.39 is 0 Å². The van der Waals surface area contributed by atoms with E-state index in [-0.39, 0.29) is 11.6 Å². The van der Waals surface area contributed by atoms with E-state index in [4.69, 9.17) is 11.6 Å². The predicted molar refractivity (Wildman–Crippen MR) is 76.1 cm³/mol. The minimum absolute atomic E-state index is 0.117. The van der Waals surface area contributed by atoms with Gasteiger partial charge in [0.1, 0.15) is 0 Å². The van der Waals surface area contributed by atoms with Gasteiger partial charge in [-0.25, -0.2) is 4.79 Å². The molecule has 2 amide bonds. The second-order valence-corrected chi connectivity index (χ2v) is 5.80. The van der Waals surface area contributed by atoms with Gasteiger partial charge < -0.3 is 10.6 Å². The number of benzene rings is 1. The fraction of sp³-hybridized carbons (Fsp3) is 0.500. The van der Waals surface area contributed by atoms with Crippen LogP contribution in [0.15, 0.2) is 24.3 Å². The van der Waals surface area contributed by atoms with E-state index >= 15 is 0 Å². The van der Waals surface area contributed by atoms with Gasteiger partial charge in [-0.15, -0.1) is 0 Å². The fourth-order valence-electron chi connectivity index (χ4n) is 1.57. The predicted octanol–water partition coefficient (Wildman–Crippen LogP) is 3.37. The van der Waals surface area contributed by atoms with Gasteiger partial charge in [-0.2, -0.15) is 0 Å². The summed E-state index contributed by atoms with van der Waals surface area (Å²) < 4.78 is 0. The molecule has 2 N–H and O–H groups in total. The number of rotatable bonds is 4. The van der Waals surface area contributed by atoms with Crippen molar-refractivity contribution in [3.63, 3.8) is 0 Å². The highest BCUT2D eigenvalue weighted by atomic mass is 35.5. The molecule has 1 rings (SSSR count). The molecule has 0 fully saturated rings. The summed E-state index contributed by atoms with van der Waals surface area (Å²) >= 11 is 5.90. The molecule has 1 aromatic rings. The summed E-state index contributed by atoms with van der Waals surface area (Å²) in [6, 6.07) is 7.68. The zero-order valence-corrected chi connectivity index (χ0v) is 12.0. The maximum absolute atomic E-state index is 11.5. The van der Waals surface area contributed by atoms with Crippen LogP contribution >= 0.6 is 11.6 Å². The maximum atomic E-state index is 11.5. The van der Waals surface area contributed by atoms with E-state index in [1.54, 1.807) is 0 Å². The molecule has 0 aliphatic carbocycles. The van der Waals surface area contributed by atoms with Gasteiger partial charge in [0.15, 0.2) is 0 Å². The number of halogens is 1. The van der Waals surface area contributed by atoms with Gasteiger partial charge in [0.05, 0.1) is 0 Å². The molecule has 0 heterocycles. The number of aryl methyl sites for hydroxylation is 1. The van der Waals surface area contributed by atoms with E-state index in [1.807, 2.05) is 45.0 Å². The molecular weight excluding hydrogens is 248 g/mol. The maximum Gasteiger partial charge on any atom is 0.315 e. The van der Waals surface area contributed by atoms with Crippen molar-refractivity contribution >= 4 is 17.6 Å². The van der Waals surface area contributed by atoms with Gasteiger partial charge in [0.2, 0.25) is 0 Å². The first-order chi connectivity index (χ1) is 8.37. The standard InChI is InChI=1S/C14H21ClN2O/c1-14(2,3)17-13(18)16-9-5-7-11-6-4-8-12(15)10-11/h4,6,8,10H,5,7,9H2,1-3H3,(H2,16,17,18). The summed E-state index contributed by atoms with van der Waals surface area (Å²) in [6.07, 6.45) is 1.81. The van der Waals surface area contributed by atoms with Crippen molar-refractivity contribution in [2.45, 2.75) is 39.2 Å². The van der Waals surface area contributed by atoms with E-state index in [0.29, 0.717) is 6.54 Å². The number of urea groups is 1. The van der Waals surface area contributed by atoms with Crippen LogP contribution in [-0.2, 0) is 6.42 Å². The zero-order valence-electron chi connectivity index (χ0n) is 11.2. The van der Waals surface area contributed by atoms with Gasteiger partial charge in [0, 0.05) is 17.1 Å². The highest BCUT2D eigenvalue weighted by molar-refractivity contribution is 6.30. The first-order valence-corrected chi connectivity index (χ1v) is 6.55. The second kappa shape index (κ2) is 6.64. The van der Waals surface area contributed by atoms with E-state index in [2.05, 4.69) is 10.6 Å². The third kappa shape index (κ3) is 6.50. The average Bonchev–Trinajstić information content (AvgIpc) is 2.22. The van der Waals surface area contributed by atoms with Crippen LogP contribution in [0.2, 0.25) is 5.02 Å². The highest BCUT2D eigenvalue weighted by Crippen LogP contribution is 2.11. The third-order valence-corrected chi connectivity index (χ3v) is 2.54. The average molecular weight is 269 g/mol. The monoisotopic (exact) mass is 268 g/mol. The third-order valence-electron chi connectivity index (χ3n) is 2.31. The lowest BCUT2D eigenvalue weighted by Gasteiger charge is -2.20. The molecule has 0 saturated heterocycles. The van der Waals surface area contributed by atoms with Crippen LogP contribution < -0.4 is 10.6 Å². The molecule has 0 aromatic heterocycles. The summed E-state index contributed by atoms with van der Waals surface area (Å²) in [5, 5.41) is 6.45. The van der Waals surface area contributed by atoms with E-state index in [1.165, 1.54) is 5.56 Å². The molecule has 4 heteroatoms. The summed E-state index contributed by atoms with van der Waals surface area (Å²) in [5.74, 6) is 0. The van der Waals surface area contributed by atoms with Crippen LogP contribution in [0.25, 0.3) is 0 Å². The number of amides is 2. The van der Waals surface area contributed by atoms with Crippen molar-refractivity contribution in [1.82, 2.24) is 10.6 Å². The first kappa shape index (κ1) is 14.8. The summed E-state index contributed by atoms with van der Waals surface area (Å²) in [5.41, 5.74) is 0.998. The zero-order chi connectivity index (χ0) is 13.6. The molecule has 3 nitrogen and oxygen atoms in total. The Morgan fingerprint density at radius 1 is 1.33 bits per heavy atom. The van der Waals surface area contributed by atoms with Gasteiger partial charge in [-0.3, -0.25) is 0 Å². The topological polar surface area (TPSA) is 41.1 Å². The Bertz CT molecular complexity index is 399. The molecule has 1 aromatic carbocycles. The lowest BCUT2D eigenvalue weighted by atomic mass is 10.1. The Morgan fingerprint density at radius 3 is 2.67 bits per heavy atom. The van der Waals surface area contributed by atoms with Crippen molar-refractivity contribution in [1.29, 1.82) is 0 Å². The van der Waals surface area contributed by atoms with Gasteiger partial charge >= 0.3 is 6.03 Å². The quantitative estimate of drug-likeness (QED) is 0.808. The van der Waals surface area contributed by atoms with Gasteiger partial charge in [0.25, 0.3) is 0 Å². The minimum Gasteiger partial charge on any atom is -0.338 e. The van der Waals surface area contributed by atoms with Gasteiger partial charge in [-0.05, 0) is 51.3 Å². The van der Waals surface area contributed by atoms with E-state index in [9.17, 15) is 4.79 Å². The lowest BCUT2D eigenvalue weighted by Crippen LogP contribution is -2.46. The molecule has 100 valence electrons. The number of nitrogens with one attached hydrogen (secondary N) is 2. The van der Waals surface area contributed by atoms with Crippen LogP contribution in [0.5, 0.6) is 0 Å². The van der Waals surface area contributed by atoms with Crippen molar-refractivity contribution < 1.29 is 4.79 Å². The van der Waals surface area contributed by atoms with Crippen LogP contribution in [0.1, 0.15) is 32.8 Å². The molecule has 18 heavy (non-hydrogen) atoms. The molecule has 0 bridgehead atoms. The fourth-order valence-corrected chi connectivity index (χ4v) is 1.78. The Kier molecular flexibility index (Phi) is 5.48. The number of hydrogen-bond donors (Lipinski definition) is 2. The summed E-state index contributed by atoms with van der Waals surface area (Å²) in [4.78, 5) is 11.5. The molecule has 0 atom stereocenters. The molecule has 0 unspecified atom stereocenters. The second-order valence-electron chi connectivity index (χ2n) is 5.36. The summed E-state index contributed by atoms with van der Waals surface area (Å²) in [7, 11) is 0. The molecule has 0 aliphatic heterocycles. The Labute approximate surface area is 114 Å². The Hall–Kier alpha value is -1.22. The minimum atomic E-state index is -0.197. The SMILES string of the molecule is CC(C)(C)NC(=O)NCCCc1cccc(Cl)c1. The van der Waals surface area contributed by atoms with Crippen LogP contribution in [-0.4, -0.2) is 18.1 Å². The summed E-state index contributed by atoms with van der Waals surface area (Å²) in [6.45, 7) is 6.53. The highest BCUT2D eigenvalue weighted by Gasteiger charge is 2.12. The number of hydrogen-bond acceptors (Lipinski definition) is 1. The van der Waals surface area contributed by atoms with Crippen LogP contribution in [0.4, 0.5) is 4.79 Å². The van der Waals surface area contributed by atoms with Crippen molar-refractivity contribution in [2.75, 3.05) is 6.54 Å². The van der Waals surface area contributed by atoms with Crippen molar-refractivity contribution in [3.05, 3.63) is 34.9 Å². The van der Waals surface area contributed by atoms with Crippen LogP contribution in [0, 0.1) is 0 Å². The van der Waals surface area contributed by atoms with Gasteiger partial charge in [-0.1, -0.05) is 23.7 Å². The molecule has 0 radical (unpaired) electrons. The Balaban J connectivity index is 2.21. The molecule has 0 aliphatic rings. The van der Waals surface area contributed by atoms with E-state index in [0.717, 1.165) is 17.9 Å². The smallest absolute Gasteiger partial charge is 0.315 e. The molecule has 0 spiro atoms. The first-order valence-electron chi connectivity index (χ1n) is 6.17.